The third-order valence-corrected chi connectivity index (χ3v) is 6.12. The molecule has 1 heterocycles. The molecular formula is C30H27NO6. The van der Waals surface area contributed by atoms with Gasteiger partial charge in [0.15, 0.2) is 0 Å². The molecule has 0 aliphatic heterocycles. The summed E-state index contributed by atoms with van der Waals surface area (Å²) in [6, 6.07) is 28.4. The molecule has 1 unspecified atom stereocenters. The van der Waals surface area contributed by atoms with Crippen LogP contribution in [0.1, 0.15) is 51.2 Å². The Morgan fingerprint density at radius 3 is 1.86 bits per heavy atom. The molecule has 0 aliphatic carbocycles. The van der Waals surface area contributed by atoms with Crippen LogP contribution in [0.15, 0.2) is 97.1 Å². The highest BCUT2D eigenvalue weighted by atomic mass is 16.6. The van der Waals surface area contributed by atoms with Crippen LogP contribution < -0.4 is 0 Å². The maximum absolute atomic E-state index is 13.2. The van der Waals surface area contributed by atoms with Gasteiger partial charge in [-0.3, -0.25) is 0 Å². The number of aromatic nitrogens is 1. The van der Waals surface area contributed by atoms with Crippen molar-refractivity contribution in [2.45, 2.75) is 19.1 Å². The molecule has 3 aromatic carbocycles. The summed E-state index contributed by atoms with van der Waals surface area (Å²) in [6.45, 7) is 1.90. The quantitative estimate of drug-likeness (QED) is 0.232. The van der Waals surface area contributed by atoms with Crippen molar-refractivity contribution in [3.63, 3.8) is 0 Å². The van der Waals surface area contributed by atoms with Gasteiger partial charge in [-0.2, -0.15) is 0 Å². The van der Waals surface area contributed by atoms with Gasteiger partial charge in [-0.15, -0.1) is 0 Å². The molecule has 188 valence electrons. The molecule has 2 atom stereocenters. The Morgan fingerprint density at radius 2 is 1.30 bits per heavy atom. The largest absolute Gasteiger partial charge is 0.466 e. The van der Waals surface area contributed by atoms with Crippen molar-refractivity contribution < 1.29 is 28.6 Å². The van der Waals surface area contributed by atoms with E-state index in [-0.39, 0.29) is 11.3 Å². The van der Waals surface area contributed by atoms with Gasteiger partial charge >= 0.3 is 17.9 Å². The van der Waals surface area contributed by atoms with Crippen LogP contribution >= 0.6 is 0 Å². The van der Waals surface area contributed by atoms with E-state index < -0.39 is 30.1 Å². The molecule has 0 spiro atoms. The van der Waals surface area contributed by atoms with Crippen molar-refractivity contribution in [3.8, 4) is 11.1 Å². The number of esters is 3. The smallest absolute Gasteiger partial charge is 0.354 e. The Bertz CT molecular complexity index is 1380. The zero-order chi connectivity index (χ0) is 26.4. The molecular weight excluding hydrogens is 470 g/mol. The van der Waals surface area contributed by atoms with Gasteiger partial charge in [0.2, 0.25) is 6.10 Å². The Kier molecular flexibility index (Phi) is 7.83. The van der Waals surface area contributed by atoms with Gasteiger partial charge in [0.25, 0.3) is 0 Å². The van der Waals surface area contributed by atoms with Crippen LogP contribution in [0.25, 0.3) is 11.1 Å². The number of ether oxygens (including phenoxy) is 3. The Balaban J connectivity index is 1.98. The number of hydrogen-bond acceptors (Lipinski definition) is 6. The molecule has 0 aliphatic rings. The number of benzene rings is 3. The second-order valence-corrected chi connectivity index (χ2v) is 8.32. The Hall–Kier alpha value is -4.65. The number of methoxy groups -OCH3 is 2. The first-order valence-corrected chi connectivity index (χ1v) is 11.7. The van der Waals surface area contributed by atoms with E-state index >= 15 is 0 Å². The summed E-state index contributed by atoms with van der Waals surface area (Å²) in [7, 11) is 2.52. The number of nitrogens with zero attached hydrogens (tertiary/aromatic N) is 1. The highest BCUT2D eigenvalue weighted by Gasteiger charge is 2.36. The zero-order valence-electron chi connectivity index (χ0n) is 20.8. The monoisotopic (exact) mass is 497 g/mol. The van der Waals surface area contributed by atoms with Crippen LogP contribution in [0.2, 0.25) is 0 Å². The molecule has 0 fully saturated rings. The molecule has 0 bridgehead atoms. The van der Waals surface area contributed by atoms with Gasteiger partial charge in [-0.1, -0.05) is 78.9 Å². The van der Waals surface area contributed by atoms with Gasteiger partial charge in [0.05, 0.1) is 31.5 Å². The first kappa shape index (κ1) is 25.4. The SMILES string of the molecule is COC(=O)c1cc(-c2ccccc2)c(C(OC(=O)c2ccccc2)C(=O)OC)n1[C@@H](C)c1ccccc1. The standard InChI is InChI=1S/C30H27NO6/c1-20(21-13-7-4-8-14-21)31-25(29(33)35-2)19-24(22-15-9-5-10-16-22)26(31)27(30(34)36-3)37-28(32)23-17-11-6-12-18-23/h4-20,27H,1-3H3/t20-,27?/m0/s1. The molecule has 7 nitrogen and oxygen atoms in total. The van der Waals surface area contributed by atoms with Gasteiger partial charge in [0, 0.05) is 5.56 Å². The van der Waals surface area contributed by atoms with Crippen LogP contribution in [0.5, 0.6) is 0 Å². The topological polar surface area (TPSA) is 83.8 Å². The van der Waals surface area contributed by atoms with Crippen molar-refractivity contribution >= 4 is 17.9 Å². The van der Waals surface area contributed by atoms with Gasteiger partial charge < -0.3 is 18.8 Å². The summed E-state index contributed by atoms with van der Waals surface area (Å²) in [5.41, 5.74) is 2.94. The summed E-state index contributed by atoms with van der Waals surface area (Å²) in [5, 5.41) is 0. The van der Waals surface area contributed by atoms with Crippen molar-refractivity contribution in [1.82, 2.24) is 4.57 Å². The van der Waals surface area contributed by atoms with Gasteiger partial charge in [-0.25, -0.2) is 14.4 Å². The molecule has 7 heteroatoms. The number of carbonyl (C=O) groups is 3. The summed E-state index contributed by atoms with van der Waals surface area (Å²) in [6.07, 6.45) is -1.46. The fourth-order valence-electron chi connectivity index (χ4n) is 4.29. The molecule has 0 N–H and O–H groups in total. The minimum Gasteiger partial charge on any atom is -0.466 e. The fourth-order valence-corrected chi connectivity index (χ4v) is 4.29. The minimum absolute atomic E-state index is 0.206. The molecule has 0 amide bonds. The molecule has 0 saturated heterocycles. The van der Waals surface area contributed by atoms with Crippen molar-refractivity contribution in [2.75, 3.05) is 14.2 Å². The lowest BCUT2D eigenvalue weighted by Gasteiger charge is -2.25. The average molecular weight is 498 g/mol. The molecule has 1 aromatic heterocycles. The van der Waals surface area contributed by atoms with Crippen molar-refractivity contribution in [2.24, 2.45) is 0 Å². The first-order valence-electron chi connectivity index (χ1n) is 11.7. The van der Waals surface area contributed by atoms with E-state index in [9.17, 15) is 14.4 Å². The van der Waals surface area contributed by atoms with Crippen LogP contribution in [-0.2, 0) is 19.0 Å². The highest BCUT2D eigenvalue weighted by molar-refractivity contribution is 5.94. The Morgan fingerprint density at radius 1 is 0.730 bits per heavy atom. The second-order valence-electron chi connectivity index (χ2n) is 8.32. The van der Waals surface area contributed by atoms with Crippen molar-refractivity contribution in [3.05, 3.63) is 120 Å². The van der Waals surface area contributed by atoms with E-state index in [0.717, 1.165) is 11.1 Å². The van der Waals surface area contributed by atoms with E-state index in [1.54, 1.807) is 41.0 Å². The zero-order valence-corrected chi connectivity index (χ0v) is 20.8. The summed E-state index contributed by atoms with van der Waals surface area (Å²) >= 11 is 0. The summed E-state index contributed by atoms with van der Waals surface area (Å²) in [5.74, 6) is -2.07. The number of hydrogen-bond donors (Lipinski definition) is 0. The number of rotatable bonds is 8. The van der Waals surface area contributed by atoms with Crippen LogP contribution in [-0.4, -0.2) is 36.7 Å². The van der Waals surface area contributed by atoms with Crippen molar-refractivity contribution in [1.29, 1.82) is 0 Å². The predicted molar refractivity (Wildman–Crippen MR) is 138 cm³/mol. The fraction of sp³-hybridized carbons (Fsp3) is 0.167. The minimum atomic E-state index is -1.46. The predicted octanol–water partition coefficient (Wildman–Crippen LogP) is 5.62. The van der Waals surface area contributed by atoms with Crippen LogP contribution in [0, 0.1) is 0 Å². The van der Waals surface area contributed by atoms with E-state index in [0.29, 0.717) is 11.3 Å². The third-order valence-electron chi connectivity index (χ3n) is 6.12. The van der Waals surface area contributed by atoms with Gasteiger partial charge in [-0.05, 0) is 36.2 Å². The van der Waals surface area contributed by atoms with Crippen LogP contribution in [0.4, 0.5) is 0 Å². The normalized spacial score (nSPS) is 12.3. The Labute approximate surface area is 215 Å². The summed E-state index contributed by atoms with van der Waals surface area (Å²) < 4.78 is 17.7. The lowest BCUT2D eigenvalue weighted by atomic mass is 10.0. The second kappa shape index (κ2) is 11.4. The lowest BCUT2D eigenvalue weighted by molar-refractivity contribution is -0.151. The molecule has 4 aromatic rings. The maximum Gasteiger partial charge on any atom is 0.354 e. The van der Waals surface area contributed by atoms with E-state index in [2.05, 4.69) is 0 Å². The molecule has 0 saturated carbocycles. The first-order chi connectivity index (χ1) is 18.0. The molecule has 4 rings (SSSR count). The third kappa shape index (κ3) is 5.30. The van der Waals surface area contributed by atoms with Crippen LogP contribution in [0.3, 0.4) is 0 Å². The maximum atomic E-state index is 13.2. The van der Waals surface area contributed by atoms with E-state index in [1.807, 2.05) is 67.6 Å². The number of carbonyl (C=O) groups excluding carboxylic acids is 3. The molecule has 0 radical (unpaired) electrons. The average Bonchev–Trinajstić information content (AvgIpc) is 3.36. The molecule has 37 heavy (non-hydrogen) atoms. The summed E-state index contributed by atoms with van der Waals surface area (Å²) in [4.78, 5) is 39.3. The van der Waals surface area contributed by atoms with Gasteiger partial charge in [0.1, 0.15) is 5.69 Å². The van der Waals surface area contributed by atoms with E-state index in [1.165, 1.54) is 14.2 Å². The lowest BCUT2D eigenvalue weighted by Crippen LogP contribution is -2.27. The highest BCUT2D eigenvalue weighted by Crippen LogP contribution is 2.38. The van der Waals surface area contributed by atoms with E-state index in [4.69, 9.17) is 14.2 Å².